The molecule has 5 aromatic rings. The first-order valence-corrected chi connectivity index (χ1v) is 14.3. The van der Waals surface area contributed by atoms with E-state index in [1.54, 1.807) is 15.5 Å². The second-order valence-corrected chi connectivity index (χ2v) is 11.2. The highest BCUT2D eigenvalue weighted by Gasteiger charge is 2.59. The molecule has 1 aliphatic heterocycles. The van der Waals surface area contributed by atoms with E-state index in [-0.39, 0.29) is 18.5 Å². The standard InChI is InChI=1S/C31H30BrN5O4/c32-27(38)25-26(40-18-23-14-8-3-9-15-23)31(39,16-21-10-4-1-5-11-21)30(41-25)37-20-34-24-28(33)36(19-35-29(24)37)17-22-12-6-2-7-13-22/h1-15,19-20,25-27,30,33,38-39H,16-18H2/t25-,26+,27?,30+,31+/m0/s1. The lowest BCUT2D eigenvalue weighted by Gasteiger charge is -2.34. The highest BCUT2D eigenvalue weighted by atomic mass is 79.9. The van der Waals surface area contributed by atoms with Crippen LogP contribution < -0.4 is 5.49 Å². The van der Waals surface area contributed by atoms with Crippen LogP contribution in [0.25, 0.3) is 11.2 Å². The molecule has 210 valence electrons. The average molecular weight is 617 g/mol. The van der Waals surface area contributed by atoms with Crippen LogP contribution in [0.5, 0.6) is 0 Å². The van der Waals surface area contributed by atoms with Crippen LogP contribution in [0.3, 0.4) is 0 Å². The van der Waals surface area contributed by atoms with Gasteiger partial charge in [-0.15, -0.1) is 0 Å². The first kappa shape index (κ1) is 27.5. The Kier molecular flexibility index (Phi) is 7.83. The maximum absolute atomic E-state index is 12.5. The van der Waals surface area contributed by atoms with Crippen molar-refractivity contribution in [1.29, 1.82) is 5.41 Å². The van der Waals surface area contributed by atoms with Gasteiger partial charge in [0, 0.05) is 6.42 Å². The van der Waals surface area contributed by atoms with Gasteiger partial charge >= 0.3 is 0 Å². The number of nitrogens with zero attached hydrogens (tertiary/aromatic N) is 4. The summed E-state index contributed by atoms with van der Waals surface area (Å²) in [5.74, 6) is 0. The number of aliphatic hydroxyl groups is 2. The molecule has 0 saturated carbocycles. The molecule has 1 saturated heterocycles. The second kappa shape index (κ2) is 11.7. The lowest BCUT2D eigenvalue weighted by atomic mass is 9.86. The summed E-state index contributed by atoms with van der Waals surface area (Å²) >= 11 is 3.26. The van der Waals surface area contributed by atoms with E-state index in [9.17, 15) is 10.2 Å². The molecule has 3 aromatic carbocycles. The summed E-state index contributed by atoms with van der Waals surface area (Å²) < 4.78 is 16.1. The normalized spacial score (nSPS) is 23.1. The number of aliphatic hydroxyl groups excluding tert-OH is 1. The molecule has 0 aliphatic carbocycles. The van der Waals surface area contributed by atoms with Crippen LogP contribution in [0.15, 0.2) is 104 Å². The van der Waals surface area contributed by atoms with Gasteiger partial charge in [0.2, 0.25) is 0 Å². The lowest BCUT2D eigenvalue weighted by molar-refractivity contribution is -0.125. The number of aromatic nitrogens is 4. The Bertz CT molecular complexity index is 1660. The van der Waals surface area contributed by atoms with Crippen molar-refractivity contribution in [1.82, 2.24) is 19.1 Å². The summed E-state index contributed by atoms with van der Waals surface area (Å²) in [4.78, 5) is 9.15. The topological polar surface area (TPSA) is 118 Å². The largest absolute Gasteiger partial charge is 0.382 e. The minimum Gasteiger partial charge on any atom is -0.382 e. The molecule has 0 amide bonds. The molecule has 2 aromatic heterocycles. The second-order valence-electron chi connectivity index (χ2n) is 10.2. The summed E-state index contributed by atoms with van der Waals surface area (Å²) in [6.45, 7) is 0.689. The van der Waals surface area contributed by atoms with E-state index in [0.29, 0.717) is 17.7 Å². The molecule has 1 unspecified atom stereocenters. The summed E-state index contributed by atoms with van der Waals surface area (Å²) in [6.07, 6.45) is 0.478. The van der Waals surface area contributed by atoms with Gasteiger partial charge in [-0.05, 0) is 16.7 Å². The smallest absolute Gasteiger partial charge is 0.169 e. The van der Waals surface area contributed by atoms with Crippen LogP contribution in [-0.2, 0) is 29.0 Å². The summed E-state index contributed by atoms with van der Waals surface area (Å²) in [5.41, 5.74) is 2.18. The van der Waals surface area contributed by atoms with Gasteiger partial charge in [0.15, 0.2) is 17.4 Å². The number of halogens is 1. The molecule has 9 nitrogen and oxygen atoms in total. The molecule has 3 heterocycles. The van der Waals surface area contributed by atoms with Crippen LogP contribution in [0.4, 0.5) is 0 Å². The lowest BCUT2D eigenvalue weighted by Crippen LogP contribution is -2.51. The van der Waals surface area contributed by atoms with E-state index < -0.39 is 29.1 Å². The average Bonchev–Trinajstić information content (AvgIpc) is 3.54. The Labute approximate surface area is 245 Å². The number of imidazole rings is 1. The molecule has 3 N–H and O–H groups in total. The monoisotopic (exact) mass is 615 g/mol. The molecule has 1 aliphatic rings. The van der Waals surface area contributed by atoms with Crippen molar-refractivity contribution in [3.63, 3.8) is 0 Å². The third kappa shape index (κ3) is 5.49. The van der Waals surface area contributed by atoms with Crippen molar-refractivity contribution in [2.45, 2.75) is 48.6 Å². The van der Waals surface area contributed by atoms with Gasteiger partial charge in [0.05, 0.1) is 25.8 Å². The van der Waals surface area contributed by atoms with Gasteiger partial charge < -0.3 is 24.3 Å². The Morgan fingerprint density at radius 3 is 2.15 bits per heavy atom. The molecule has 1 fully saturated rings. The van der Waals surface area contributed by atoms with Crippen molar-refractivity contribution in [2.75, 3.05) is 0 Å². The summed E-state index contributed by atoms with van der Waals surface area (Å²) in [5, 5.41) is 30.9. The first-order chi connectivity index (χ1) is 19.9. The first-order valence-electron chi connectivity index (χ1n) is 13.3. The van der Waals surface area contributed by atoms with Gasteiger partial charge in [-0.1, -0.05) is 107 Å². The zero-order valence-corrected chi connectivity index (χ0v) is 23.7. The minimum absolute atomic E-state index is 0.183. The molecule has 41 heavy (non-hydrogen) atoms. The molecule has 0 bridgehead atoms. The number of fused-ring (bicyclic) bond motifs is 1. The van der Waals surface area contributed by atoms with Crippen LogP contribution in [0.1, 0.15) is 22.9 Å². The number of nitrogens with one attached hydrogen (secondary N) is 1. The summed E-state index contributed by atoms with van der Waals surface area (Å²) in [6, 6.07) is 29.1. The van der Waals surface area contributed by atoms with E-state index in [1.807, 2.05) is 91.0 Å². The van der Waals surface area contributed by atoms with Gasteiger partial charge in [-0.25, -0.2) is 9.97 Å². The molecule has 10 heteroatoms. The Hall–Kier alpha value is -3.67. The number of alkyl halides is 1. The Balaban J connectivity index is 1.40. The van der Waals surface area contributed by atoms with Gasteiger partial charge in [-0.3, -0.25) is 9.98 Å². The molecular weight excluding hydrogens is 586 g/mol. The van der Waals surface area contributed by atoms with Gasteiger partial charge in [0.1, 0.15) is 28.3 Å². The third-order valence-electron chi connectivity index (χ3n) is 7.43. The zero-order valence-electron chi connectivity index (χ0n) is 22.1. The maximum atomic E-state index is 12.5. The number of benzene rings is 3. The maximum Gasteiger partial charge on any atom is 0.169 e. The van der Waals surface area contributed by atoms with E-state index in [4.69, 9.17) is 14.9 Å². The van der Waals surface area contributed by atoms with E-state index in [0.717, 1.165) is 16.7 Å². The van der Waals surface area contributed by atoms with Crippen molar-refractivity contribution >= 4 is 27.1 Å². The van der Waals surface area contributed by atoms with Crippen LogP contribution in [-0.4, -0.2) is 52.1 Å². The molecule has 0 radical (unpaired) electrons. The predicted molar refractivity (Wildman–Crippen MR) is 156 cm³/mol. The van der Waals surface area contributed by atoms with Crippen molar-refractivity contribution in [3.05, 3.63) is 126 Å². The molecular formula is C31H30BrN5O4. The van der Waals surface area contributed by atoms with Crippen molar-refractivity contribution in [2.24, 2.45) is 0 Å². The van der Waals surface area contributed by atoms with E-state index >= 15 is 0 Å². The fourth-order valence-corrected chi connectivity index (χ4v) is 5.83. The predicted octanol–water partition coefficient (Wildman–Crippen LogP) is 3.93. The van der Waals surface area contributed by atoms with Crippen molar-refractivity contribution < 1.29 is 19.7 Å². The van der Waals surface area contributed by atoms with Crippen LogP contribution >= 0.6 is 15.9 Å². The number of rotatable bonds is 9. The quantitative estimate of drug-likeness (QED) is 0.216. The SMILES string of the molecule is N=c1c2ncn([C@@H]3O[C@H](C(O)Br)[C@@H](OCc4ccccc4)[C@]3(O)Cc3ccccc3)c2ncn1Cc1ccccc1. The third-order valence-corrected chi connectivity index (χ3v) is 7.95. The zero-order chi connectivity index (χ0) is 28.4. The van der Waals surface area contributed by atoms with Gasteiger partial charge in [-0.2, -0.15) is 0 Å². The Morgan fingerprint density at radius 1 is 0.902 bits per heavy atom. The summed E-state index contributed by atoms with van der Waals surface area (Å²) in [7, 11) is 0. The fourth-order valence-electron chi connectivity index (χ4n) is 5.43. The molecule has 6 rings (SSSR count). The molecule has 5 atom stereocenters. The number of hydrogen-bond acceptors (Lipinski definition) is 7. The van der Waals surface area contributed by atoms with Crippen LogP contribution in [0.2, 0.25) is 0 Å². The van der Waals surface area contributed by atoms with E-state index in [2.05, 4.69) is 25.9 Å². The highest BCUT2D eigenvalue weighted by Crippen LogP contribution is 2.45. The molecule has 0 spiro atoms. The van der Waals surface area contributed by atoms with Crippen LogP contribution in [0, 0.1) is 5.41 Å². The fraction of sp³-hybridized carbons (Fsp3) is 0.258. The minimum atomic E-state index is -1.62. The number of hydrogen-bond donors (Lipinski definition) is 3. The highest BCUT2D eigenvalue weighted by molar-refractivity contribution is 9.09. The van der Waals surface area contributed by atoms with Gasteiger partial charge in [0.25, 0.3) is 0 Å². The van der Waals surface area contributed by atoms with E-state index in [1.165, 1.54) is 6.33 Å². The van der Waals surface area contributed by atoms with Crippen molar-refractivity contribution in [3.8, 4) is 0 Å². The number of ether oxygens (including phenoxy) is 2. The Morgan fingerprint density at radius 2 is 1.51 bits per heavy atom.